The maximum absolute atomic E-state index is 12.3. The van der Waals surface area contributed by atoms with Gasteiger partial charge in [-0.05, 0) is 48.5 Å². The maximum Gasteiger partial charge on any atom is 0.275 e. The summed E-state index contributed by atoms with van der Waals surface area (Å²) in [4.78, 5) is 16.6. The second kappa shape index (κ2) is 6.94. The molecule has 0 saturated carbocycles. The summed E-state index contributed by atoms with van der Waals surface area (Å²) < 4.78 is 5.13. The summed E-state index contributed by atoms with van der Waals surface area (Å²) >= 11 is 1.41. The Hall–Kier alpha value is -3.17. The Labute approximate surface area is 143 Å². The average molecular weight is 335 g/mol. The van der Waals surface area contributed by atoms with Crippen LogP contribution in [0.2, 0.25) is 0 Å². The molecule has 0 aliphatic heterocycles. The van der Waals surface area contributed by atoms with Crippen molar-refractivity contribution < 1.29 is 9.53 Å². The Kier molecular flexibility index (Phi) is 4.54. The van der Waals surface area contributed by atoms with Crippen molar-refractivity contribution in [2.45, 2.75) is 0 Å². The molecule has 2 aromatic carbocycles. The molecule has 3 rings (SSSR count). The molecule has 0 spiro atoms. The molecule has 0 fully saturated rings. The first-order chi connectivity index (χ1) is 11.7. The monoisotopic (exact) mass is 335 g/mol. The Bertz CT molecular complexity index is 893. The molecule has 1 N–H and O–H groups in total. The molecule has 6 heteroatoms. The van der Waals surface area contributed by atoms with E-state index in [1.807, 2.05) is 30.3 Å². The Morgan fingerprint density at radius 2 is 1.88 bits per heavy atom. The van der Waals surface area contributed by atoms with E-state index in [1.54, 1.807) is 36.8 Å². The van der Waals surface area contributed by atoms with Crippen LogP contribution >= 0.6 is 11.3 Å². The fourth-order valence-electron chi connectivity index (χ4n) is 2.07. The number of nitriles is 1. The van der Waals surface area contributed by atoms with Crippen molar-refractivity contribution in [3.63, 3.8) is 0 Å². The number of carbonyl (C=O) groups excluding carboxylic acids is 1. The summed E-state index contributed by atoms with van der Waals surface area (Å²) in [5, 5.41) is 14.0. The van der Waals surface area contributed by atoms with Crippen LogP contribution in [0.25, 0.3) is 10.6 Å². The number of benzene rings is 2. The molecule has 0 radical (unpaired) electrons. The van der Waals surface area contributed by atoms with Crippen LogP contribution in [0.1, 0.15) is 16.1 Å². The third-order valence-corrected chi connectivity index (χ3v) is 4.24. The fourth-order valence-corrected chi connectivity index (χ4v) is 2.87. The van der Waals surface area contributed by atoms with Crippen molar-refractivity contribution in [2.24, 2.45) is 0 Å². The van der Waals surface area contributed by atoms with Gasteiger partial charge in [-0.3, -0.25) is 4.79 Å². The third-order valence-electron chi connectivity index (χ3n) is 3.35. The van der Waals surface area contributed by atoms with Crippen molar-refractivity contribution in [2.75, 3.05) is 12.4 Å². The van der Waals surface area contributed by atoms with Gasteiger partial charge in [0, 0.05) is 16.6 Å². The Morgan fingerprint density at radius 1 is 1.17 bits per heavy atom. The first-order valence-electron chi connectivity index (χ1n) is 7.11. The lowest BCUT2D eigenvalue weighted by atomic mass is 10.2. The minimum Gasteiger partial charge on any atom is -0.497 e. The van der Waals surface area contributed by atoms with Gasteiger partial charge in [0.1, 0.15) is 16.5 Å². The molecule has 0 aliphatic rings. The van der Waals surface area contributed by atoms with Crippen molar-refractivity contribution in [3.05, 3.63) is 65.2 Å². The summed E-state index contributed by atoms with van der Waals surface area (Å²) in [6, 6.07) is 16.2. The lowest BCUT2D eigenvalue weighted by Crippen LogP contribution is -2.12. The summed E-state index contributed by atoms with van der Waals surface area (Å²) in [6.07, 6.45) is 0. The Balaban J connectivity index is 1.74. The largest absolute Gasteiger partial charge is 0.497 e. The molecule has 0 aliphatic carbocycles. The van der Waals surface area contributed by atoms with Crippen molar-refractivity contribution >= 4 is 22.9 Å². The average Bonchev–Trinajstić information content (AvgIpc) is 3.13. The number of nitrogens with one attached hydrogen (secondary N) is 1. The number of rotatable bonds is 4. The van der Waals surface area contributed by atoms with E-state index in [4.69, 9.17) is 10.00 Å². The topological polar surface area (TPSA) is 75.0 Å². The smallest absolute Gasteiger partial charge is 0.275 e. The summed E-state index contributed by atoms with van der Waals surface area (Å²) in [6.45, 7) is 0. The minimum absolute atomic E-state index is 0.282. The van der Waals surface area contributed by atoms with Gasteiger partial charge in [0.15, 0.2) is 0 Å². The lowest BCUT2D eigenvalue weighted by molar-refractivity contribution is 0.102. The van der Waals surface area contributed by atoms with Crippen molar-refractivity contribution in [1.82, 2.24) is 4.98 Å². The molecule has 118 valence electrons. The number of nitrogens with zero attached hydrogens (tertiary/aromatic N) is 2. The van der Waals surface area contributed by atoms with E-state index >= 15 is 0 Å². The van der Waals surface area contributed by atoms with Crippen LogP contribution in [0.4, 0.5) is 5.69 Å². The number of amides is 1. The van der Waals surface area contributed by atoms with Crippen LogP contribution in [0.15, 0.2) is 53.9 Å². The van der Waals surface area contributed by atoms with Gasteiger partial charge in [-0.15, -0.1) is 11.3 Å². The molecule has 0 bridgehead atoms. The molecule has 0 unspecified atom stereocenters. The molecule has 0 atom stereocenters. The lowest BCUT2D eigenvalue weighted by Gasteiger charge is -2.03. The predicted molar refractivity (Wildman–Crippen MR) is 93.2 cm³/mol. The zero-order valence-electron chi connectivity index (χ0n) is 12.8. The highest BCUT2D eigenvalue weighted by Crippen LogP contribution is 2.26. The quantitative estimate of drug-likeness (QED) is 0.783. The first kappa shape index (κ1) is 15.7. The van der Waals surface area contributed by atoms with Crippen LogP contribution in [0.5, 0.6) is 5.75 Å². The highest BCUT2D eigenvalue weighted by Gasteiger charge is 2.12. The van der Waals surface area contributed by atoms with E-state index in [0.717, 1.165) is 16.3 Å². The minimum atomic E-state index is -0.282. The number of hydrogen-bond acceptors (Lipinski definition) is 5. The number of thiazole rings is 1. The molecular weight excluding hydrogens is 322 g/mol. The number of aromatic nitrogens is 1. The number of ether oxygens (including phenoxy) is 1. The van der Waals surface area contributed by atoms with Crippen LogP contribution in [-0.2, 0) is 0 Å². The SMILES string of the molecule is COc1ccc(-c2nc(C(=O)Nc3ccc(C#N)cc3)cs2)cc1. The normalized spacial score (nSPS) is 10.0. The summed E-state index contributed by atoms with van der Waals surface area (Å²) in [7, 11) is 1.62. The fraction of sp³-hybridized carbons (Fsp3) is 0.0556. The van der Waals surface area contributed by atoms with Gasteiger partial charge in [0.25, 0.3) is 5.91 Å². The molecule has 5 nitrogen and oxygen atoms in total. The number of carbonyl (C=O) groups is 1. The van der Waals surface area contributed by atoms with E-state index in [0.29, 0.717) is 16.9 Å². The molecule has 1 amide bonds. The van der Waals surface area contributed by atoms with Gasteiger partial charge >= 0.3 is 0 Å². The molecule has 1 aromatic heterocycles. The van der Waals surface area contributed by atoms with Crippen molar-refractivity contribution in [3.8, 4) is 22.4 Å². The van der Waals surface area contributed by atoms with Crippen LogP contribution in [0, 0.1) is 11.3 Å². The Morgan fingerprint density at radius 3 is 2.50 bits per heavy atom. The van der Waals surface area contributed by atoms with E-state index < -0.39 is 0 Å². The van der Waals surface area contributed by atoms with Gasteiger partial charge in [0.2, 0.25) is 0 Å². The maximum atomic E-state index is 12.3. The van der Waals surface area contributed by atoms with E-state index in [2.05, 4.69) is 10.3 Å². The second-order valence-electron chi connectivity index (χ2n) is 4.91. The number of methoxy groups -OCH3 is 1. The molecule has 0 saturated heterocycles. The first-order valence-corrected chi connectivity index (χ1v) is 7.99. The van der Waals surface area contributed by atoms with Crippen LogP contribution < -0.4 is 10.1 Å². The molecule has 1 heterocycles. The molecule has 3 aromatic rings. The van der Waals surface area contributed by atoms with Crippen LogP contribution in [-0.4, -0.2) is 18.0 Å². The zero-order chi connectivity index (χ0) is 16.9. The second-order valence-corrected chi connectivity index (χ2v) is 5.77. The third kappa shape index (κ3) is 3.42. The highest BCUT2D eigenvalue weighted by molar-refractivity contribution is 7.13. The van der Waals surface area contributed by atoms with Gasteiger partial charge < -0.3 is 10.1 Å². The van der Waals surface area contributed by atoms with Gasteiger partial charge in [0.05, 0.1) is 18.7 Å². The van der Waals surface area contributed by atoms with Crippen LogP contribution in [0.3, 0.4) is 0 Å². The number of hydrogen-bond donors (Lipinski definition) is 1. The standard InChI is InChI=1S/C18H13N3O2S/c1-23-15-8-4-13(5-9-15)18-21-16(11-24-18)17(22)20-14-6-2-12(10-19)3-7-14/h2-9,11H,1H3,(H,20,22). The van der Waals surface area contributed by atoms with E-state index in [9.17, 15) is 4.79 Å². The number of anilines is 1. The van der Waals surface area contributed by atoms with Gasteiger partial charge in [-0.1, -0.05) is 0 Å². The van der Waals surface area contributed by atoms with Gasteiger partial charge in [-0.2, -0.15) is 5.26 Å². The van der Waals surface area contributed by atoms with E-state index in [1.165, 1.54) is 11.3 Å². The van der Waals surface area contributed by atoms with Gasteiger partial charge in [-0.25, -0.2) is 4.98 Å². The predicted octanol–water partition coefficient (Wildman–Crippen LogP) is 3.94. The molecule has 24 heavy (non-hydrogen) atoms. The summed E-state index contributed by atoms with van der Waals surface area (Å²) in [5.41, 5.74) is 2.45. The summed E-state index contributed by atoms with van der Waals surface area (Å²) in [5.74, 6) is 0.491. The van der Waals surface area contributed by atoms with Crippen molar-refractivity contribution in [1.29, 1.82) is 5.26 Å². The van der Waals surface area contributed by atoms with E-state index in [-0.39, 0.29) is 5.91 Å². The highest BCUT2D eigenvalue weighted by atomic mass is 32.1. The zero-order valence-corrected chi connectivity index (χ0v) is 13.6. The molecular formula is C18H13N3O2S.